The minimum atomic E-state index is -1.02. The predicted octanol–water partition coefficient (Wildman–Crippen LogP) is 5.55. The van der Waals surface area contributed by atoms with Crippen LogP contribution >= 0.6 is 0 Å². The molecule has 0 bridgehead atoms. The van der Waals surface area contributed by atoms with E-state index in [-0.39, 0.29) is 17.2 Å². The molecule has 4 rings (SSSR count). The average Bonchev–Trinajstić information content (AvgIpc) is 3.47. The lowest BCUT2D eigenvalue weighted by Gasteiger charge is -2.24. The molecule has 5 heteroatoms. The molecule has 1 heterocycles. The Kier molecular flexibility index (Phi) is 5.84. The summed E-state index contributed by atoms with van der Waals surface area (Å²) in [5.74, 6) is 1.41. The van der Waals surface area contributed by atoms with E-state index >= 15 is 0 Å². The molecule has 1 fully saturated rings. The SMILES string of the molecule is CCC(C)c1ccc(C2CC2F)cc1-c1cc(C2CS(=O)C(C)C(N)=N2)ccc1C. The summed E-state index contributed by atoms with van der Waals surface area (Å²) in [5.41, 5.74) is 13.0. The van der Waals surface area contributed by atoms with Crippen molar-refractivity contribution in [2.45, 2.75) is 69.8 Å². The van der Waals surface area contributed by atoms with Crippen molar-refractivity contribution in [1.29, 1.82) is 0 Å². The van der Waals surface area contributed by atoms with E-state index in [1.807, 2.05) is 6.92 Å². The van der Waals surface area contributed by atoms with Gasteiger partial charge in [0.05, 0.1) is 17.0 Å². The van der Waals surface area contributed by atoms with Crippen LogP contribution in [0.4, 0.5) is 4.39 Å². The number of hydrogen-bond donors (Lipinski definition) is 1. The Balaban J connectivity index is 1.80. The molecule has 0 saturated heterocycles. The molecular weight excluding hydrogens is 395 g/mol. The summed E-state index contributed by atoms with van der Waals surface area (Å²) >= 11 is 0. The number of nitrogens with zero attached hydrogens (tertiary/aromatic N) is 1. The largest absolute Gasteiger partial charge is 0.386 e. The summed E-state index contributed by atoms with van der Waals surface area (Å²) in [4.78, 5) is 4.64. The van der Waals surface area contributed by atoms with Crippen molar-refractivity contribution in [3.05, 3.63) is 58.7 Å². The smallest absolute Gasteiger partial charge is 0.110 e. The highest BCUT2D eigenvalue weighted by Gasteiger charge is 2.39. The van der Waals surface area contributed by atoms with Crippen LogP contribution in [-0.4, -0.2) is 27.2 Å². The minimum absolute atomic E-state index is 0.0323. The van der Waals surface area contributed by atoms with Crippen molar-refractivity contribution in [2.24, 2.45) is 10.7 Å². The van der Waals surface area contributed by atoms with E-state index in [0.29, 0.717) is 23.9 Å². The Hall–Kier alpha value is -2.01. The van der Waals surface area contributed by atoms with E-state index in [0.717, 1.165) is 23.1 Å². The quantitative estimate of drug-likeness (QED) is 0.681. The van der Waals surface area contributed by atoms with E-state index in [4.69, 9.17) is 5.73 Å². The standard InChI is InChI=1S/C25H31FN2OS/c1-5-14(2)19-9-8-17(21-12-23(21)26)10-22(19)20-11-18(7-6-15(20)3)24-13-30(29)16(4)25(27)28-24/h6-11,14,16,21,23-24H,5,12-13H2,1-4H3,(H2,27,28). The van der Waals surface area contributed by atoms with Gasteiger partial charge in [0.2, 0.25) is 0 Å². The van der Waals surface area contributed by atoms with Gasteiger partial charge in [0.1, 0.15) is 12.0 Å². The van der Waals surface area contributed by atoms with Crippen molar-refractivity contribution in [2.75, 3.05) is 5.75 Å². The number of rotatable bonds is 5. The van der Waals surface area contributed by atoms with Gasteiger partial charge >= 0.3 is 0 Å². The number of benzene rings is 2. The number of hydrogen-bond acceptors (Lipinski definition) is 3. The lowest BCUT2D eigenvalue weighted by atomic mass is 9.85. The topological polar surface area (TPSA) is 55.5 Å². The Morgan fingerprint density at radius 1 is 1.20 bits per heavy atom. The van der Waals surface area contributed by atoms with Crippen LogP contribution in [0.1, 0.15) is 73.7 Å². The molecule has 6 unspecified atom stereocenters. The van der Waals surface area contributed by atoms with E-state index < -0.39 is 17.0 Å². The summed E-state index contributed by atoms with van der Waals surface area (Å²) in [7, 11) is -1.02. The zero-order chi connectivity index (χ0) is 21.6. The molecule has 160 valence electrons. The van der Waals surface area contributed by atoms with Gasteiger partial charge in [-0.05, 0) is 72.1 Å². The van der Waals surface area contributed by atoms with Crippen LogP contribution in [-0.2, 0) is 10.8 Å². The molecule has 6 atom stereocenters. The highest BCUT2D eigenvalue weighted by molar-refractivity contribution is 7.86. The molecule has 2 N–H and O–H groups in total. The predicted molar refractivity (Wildman–Crippen MR) is 124 cm³/mol. The molecule has 2 aromatic carbocycles. The summed E-state index contributed by atoms with van der Waals surface area (Å²) in [6.45, 7) is 8.41. The van der Waals surface area contributed by atoms with Crippen molar-refractivity contribution in [3.8, 4) is 11.1 Å². The highest BCUT2D eigenvalue weighted by Crippen LogP contribution is 2.46. The van der Waals surface area contributed by atoms with Crippen molar-refractivity contribution >= 4 is 16.6 Å². The number of halogens is 1. The third-order valence-electron chi connectivity index (χ3n) is 6.74. The molecule has 3 nitrogen and oxygen atoms in total. The van der Waals surface area contributed by atoms with Crippen molar-refractivity contribution in [3.63, 3.8) is 0 Å². The average molecular weight is 427 g/mol. The van der Waals surface area contributed by atoms with E-state index in [2.05, 4.69) is 62.2 Å². The van der Waals surface area contributed by atoms with Crippen LogP contribution in [0.15, 0.2) is 41.4 Å². The van der Waals surface area contributed by atoms with E-state index in [1.165, 1.54) is 16.7 Å². The first kappa shape index (κ1) is 21.2. The van der Waals surface area contributed by atoms with Gasteiger partial charge in [-0.15, -0.1) is 0 Å². The lowest BCUT2D eigenvalue weighted by molar-refractivity contribution is 0.468. The molecule has 0 radical (unpaired) electrons. The van der Waals surface area contributed by atoms with Gasteiger partial charge in [-0.25, -0.2) is 4.39 Å². The van der Waals surface area contributed by atoms with Crippen molar-refractivity contribution in [1.82, 2.24) is 0 Å². The Labute approximate surface area is 181 Å². The maximum atomic E-state index is 13.8. The second-order valence-electron chi connectivity index (χ2n) is 8.85. The van der Waals surface area contributed by atoms with Gasteiger partial charge in [-0.3, -0.25) is 9.20 Å². The summed E-state index contributed by atoms with van der Waals surface area (Å²) in [6, 6.07) is 12.6. The number of amidine groups is 1. The van der Waals surface area contributed by atoms with Crippen LogP contribution in [0.2, 0.25) is 0 Å². The maximum Gasteiger partial charge on any atom is 0.110 e. The second kappa shape index (κ2) is 8.26. The summed E-state index contributed by atoms with van der Waals surface area (Å²) in [5, 5.41) is -0.188. The minimum Gasteiger partial charge on any atom is -0.386 e. The Morgan fingerprint density at radius 2 is 1.87 bits per heavy atom. The molecule has 30 heavy (non-hydrogen) atoms. The monoisotopic (exact) mass is 426 g/mol. The third kappa shape index (κ3) is 3.96. The first-order valence-electron chi connectivity index (χ1n) is 10.9. The molecule has 2 aliphatic rings. The van der Waals surface area contributed by atoms with Crippen LogP contribution in [0, 0.1) is 6.92 Å². The molecule has 0 amide bonds. The van der Waals surface area contributed by atoms with Crippen LogP contribution in [0.25, 0.3) is 11.1 Å². The normalized spacial score (nSPS) is 29.4. The van der Waals surface area contributed by atoms with Gasteiger partial charge in [0, 0.05) is 16.7 Å². The molecule has 1 aliphatic heterocycles. The van der Waals surface area contributed by atoms with Crippen LogP contribution in [0.5, 0.6) is 0 Å². The maximum absolute atomic E-state index is 13.8. The number of alkyl halides is 1. The lowest BCUT2D eigenvalue weighted by Crippen LogP contribution is -2.37. The molecule has 1 saturated carbocycles. The molecular formula is C25H31FN2OS. The van der Waals surface area contributed by atoms with Crippen LogP contribution in [0.3, 0.4) is 0 Å². The van der Waals surface area contributed by atoms with Gasteiger partial charge in [-0.1, -0.05) is 44.2 Å². The summed E-state index contributed by atoms with van der Waals surface area (Å²) in [6.07, 6.45) is 0.957. The van der Waals surface area contributed by atoms with Gasteiger partial charge < -0.3 is 5.73 Å². The van der Waals surface area contributed by atoms with E-state index in [1.54, 1.807) is 0 Å². The first-order valence-corrected chi connectivity index (χ1v) is 12.3. The second-order valence-corrected chi connectivity index (χ2v) is 10.6. The highest BCUT2D eigenvalue weighted by atomic mass is 32.2. The Bertz CT molecular complexity index is 1020. The fourth-order valence-electron chi connectivity index (χ4n) is 4.26. The molecule has 0 aromatic heterocycles. The number of aliphatic imine (C=N–C) groups is 1. The third-order valence-corrected chi connectivity index (χ3v) is 8.41. The molecule has 1 aliphatic carbocycles. The first-order chi connectivity index (χ1) is 14.3. The van der Waals surface area contributed by atoms with Crippen molar-refractivity contribution < 1.29 is 8.60 Å². The molecule has 0 spiro atoms. The number of nitrogens with two attached hydrogens (primary N) is 1. The van der Waals surface area contributed by atoms with Crippen LogP contribution < -0.4 is 5.73 Å². The van der Waals surface area contributed by atoms with E-state index in [9.17, 15) is 8.60 Å². The fraction of sp³-hybridized carbons (Fsp3) is 0.480. The fourth-order valence-corrected chi connectivity index (χ4v) is 5.46. The molecule has 2 aromatic rings. The summed E-state index contributed by atoms with van der Waals surface area (Å²) < 4.78 is 26.2. The van der Waals surface area contributed by atoms with Gasteiger partial charge in [0.25, 0.3) is 0 Å². The zero-order valence-corrected chi connectivity index (χ0v) is 19.0. The Morgan fingerprint density at radius 3 is 2.50 bits per heavy atom. The van der Waals surface area contributed by atoms with Gasteiger partial charge in [-0.2, -0.15) is 0 Å². The zero-order valence-electron chi connectivity index (χ0n) is 18.2. The number of aryl methyl sites for hydroxylation is 1. The van der Waals surface area contributed by atoms with Gasteiger partial charge in [0.15, 0.2) is 0 Å².